The van der Waals surface area contributed by atoms with Crippen LogP contribution in [0.25, 0.3) is 11.0 Å². The molecule has 1 atom stereocenters. The number of ether oxygens (including phenoxy) is 2. The summed E-state index contributed by atoms with van der Waals surface area (Å²) < 4.78 is 47.3. The molecule has 2 aromatic heterocycles. The fourth-order valence-electron chi connectivity index (χ4n) is 2.81. The summed E-state index contributed by atoms with van der Waals surface area (Å²) in [5.41, 5.74) is -0.519. The number of methoxy groups -OCH3 is 1. The van der Waals surface area contributed by atoms with Gasteiger partial charge in [-0.25, -0.2) is 9.67 Å². The van der Waals surface area contributed by atoms with Gasteiger partial charge in [0.2, 0.25) is 5.88 Å². The normalized spacial score (nSPS) is 13.3. The van der Waals surface area contributed by atoms with E-state index in [9.17, 15) is 23.2 Å². The summed E-state index contributed by atoms with van der Waals surface area (Å²) in [6.07, 6.45) is -3.41. The van der Waals surface area contributed by atoms with E-state index in [0.717, 1.165) is 24.3 Å². The van der Waals surface area contributed by atoms with E-state index in [1.807, 2.05) is 6.07 Å². The summed E-state index contributed by atoms with van der Waals surface area (Å²) in [7, 11) is 1.41. The number of hydrogen-bond donors (Lipinski definition) is 1. The smallest absolute Gasteiger partial charge is 0.480 e. The van der Waals surface area contributed by atoms with E-state index < -0.39 is 23.6 Å². The number of aromatic nitrogens is 3. The predicted molar refractivity (Wildman–Crippen MR) is 104 cm³/mol. The first-order valence-electron chi connectivity index (χ1n) is 8.69. The molecule has 0 spiro atoms. The molecule has 0 saturated carbocycles. The zero-order valence-electron chi connectivity index (χ0n) is 16.2. The van der Waals surface area contributed by atoms with Crippen molar-refractivity contribution in [1.82, 2.24) is 20.1 Å². The molecule has 1 amide bonds. The number of alkyl halides is 3. The van der Waals surface area contributed by atoms with E-state index in [0.29, 0.717) is 16.1 Å². The van der Waals surface area contributed by atoms with Crippen LogP contribution in [0.4, 0.5) is 13.2 Å². The molecule has 3 aromatic rings. The fourth-order valence-corrected chi connectivity index (χ4v) is 2.96. The van der Waals surface area contributed by atoms with Gasteiger partial charge in [-0.2, -0.15) is 10.4 Å². The van der Waals surface area contributed by atoms with Crippen molar-refractivity contribution >= 4 is 28.5 Å². The SMILES string of the molecule is COc1c2ncc(Cl)cc2nn1CC(C)(C#N)NC(=O)c1ccc(OC(F)(F)F)cc1. The molecule has 12 heteroatoms. The average molecular weight is 454 g/mol. The number of nitrogens with zero attached hydrogens (tertiary/aromatic N) is 4. The second-order valence-electron chi connectivity index (χ2n) is 6.66. The molecule has 0 aliphatic heterocycles. The number of pyridine rings is 1. The molecule has 1 unspecified atom stereocenters. The van der Waals surface area contributed by atoms with Crippen LogP contribution in [-0.4, -0.2) is 39.7 Å². The van der Waals surface area contributed by atoms with Crippen molar-refractivity contribution in [2.24, 2.45) is 0 Å². The quantitative estimate of drug-likeness (QED) is 0.610. The molecule has 0 aliphatic rings. The highest BCUT2D eigenvalue weighted by atomic mass is 35.5. The molecular weight excluding hydrogens is 439 g/mol. The van der Waals surface area contributed by atoms with E-state index >= 15 is 0 Å². The molecule has 31 heavy (non-hydrogen) atoms. The van der Waals surface area contributed by atoms with Crippen LogP contribution >= 0.6 is 11.6 Å². The summed E-state index contributed by atoms with van der Waals surface area (Å²) in [6, 6.07) is 7.91. The maximum Gasteiger partial charge on any atom is 0.573 e. The molecule has 0 bridgehead atoms. The Kier molecular flexibility index (Phi) is 5.94. The number of hydrogen-bond acceptors (Lipinski definition) is 6. The summed E-state index contributed by atoms with van der Waals surface area (Å²) in [4.78, 5) is 16.7. The third-order valence-electron chi connectivity index (χ3n) is 4.15. The predicted octanol–water partition coefficient (Wildman–Crippen LogP) is 3.70. The number of amides is 1. The lowest BCUT2D eigenvalue weighted by atomic mass is 10.0. The zero-order chi connectivity index (χ0) is 22.8. The molecule has 0 fully saturated rings. The minimum absolute atomic E-state index is 0.0436. The molecule has 0 saturated heterocycles. The molecule has 162 valence electrons. The lowest BCUT2D eigenvalue weighted by molar-refractivity contribution is -0.274. The van der Waals surface area contributed by atoms with Crippen molar-refractivity contribution < 1.29 is 27.4 Å². The summed E-state index contributed by atoms with van der Waals surface area (Å²) in [6.45, 7) is 1.37. The lowest BCUT2D eigenvalue weighted by Gasteiger charge is -2.24. The van der Waals surface area contributed by atoms with Crippen molar-refractivity contribution in [1.29, 1.82) is 5.26 Å². The standard InChI is InChI=1S/C19H15ClF3N5O3/c1-18(9-24,10-28-17(30-2)15-14(27-28)7-12(20)8-25-15)26-16(29)11-3-5-13(6-4-11)31-19(21,22)23/h3-8H,10H2,1-2H3,(H,26,29). The number of carbonyl (C=O) groups excluding carboxylic acids is 1. The Bertz CT molecular complexity index is 1160. The Hall–Kier alpha value is -3.52. The highest BCUT2D eigenvalue weighted by molar-refractivity contribution is 6.31. The van der Waals surface area contributed by atoms with Gasteiger partial charge in [-0.3, -0.25) is 4.79 Å². The third kappa shape index (κ3) is 5.16. The fraction of sp³-hybridized carbons (Fsp3) is 0.263. The topological polar surface area (TPSA) is 102 Å². The first-order valence-corrected chi connectivity index (χ1v) is 9.07. The highest BCUT2D eigenvalue weighted by Gasteiger charge is 2.32. The second kappa shape index (κ2) is 8.31. The Morgan fingerprint density at radius 2 is 2.00 bits per heavy atom. The minimum atomic E-state index is -4.84. The average Bonchev–Trinajstić information content (AvgIpc) is 3.02. The largest absolute Gasteiger partial charge is 0.573 e. The molecule has 8 nitrogen and oxygen atoms in total. The van der Waals surface area contributed by atoms with Crippen LogP contribution in [0.2, 0.25) is 5.02 Å². The first kappa shape index (κ1) is 22.2. The van der Waals surface area contributed by atoms with E-state index in [1.165, 1.54) is 24.9 Å². The van der Waals surface area contributed by atoms with Gasteiger partial charge in [0.25, 0.3) is 5.91 Å². The number of fused-ring (bicyclic) bond motifs is 1. The van der Waals surface area contributed by atoms with Gasteiger partial charge in [0.05, 0.1) is 24.7 Å². The maximum atomic E-state index is 12.6. The molecule has 1 aromatic carbocycles. The van der Waals surface area contributed by atoms with Gasteiger partial charge in [0.1, 0.15) is 16.8 Å². The van der Waals surface area contributed by atoms with E-state index in [1.54, 1.807) is 6.07 Å². The van der Waals surface area contributed by atoms with Crippen molar-refractivity contribution in [3.8, 4) is 17.7 Å². The van der Waals surface area contributed by atoms with Gasteiger partial charge in [-0.1, -0.05) is 11.6 Å². The van der Waals surface area contributed by atoms with Gasteiger partial charge >= 0.3 is 6.36 Å². The maximum absolute atomic E-state index is 12.6. The number of carbonyl (C=O) groups is 1. The zero-order valence-corrected chi connectivity index (χ0v) is 17.0. The molecule has 1 N–H and O–H groups in total. The van der Waals surface area contributed by atoms with Crippen LogP contribution in [0.15, 0.2) is 36.5 Å². The Balaban J connectivity index is 1.80. The van der Waals surface area contributed by atoms with Crippen LogP contribution in [-0.2, 0) is 6.54 Å². The Morgan fingerprint density at radius 1 is 1.32 bits per heavy atom. The van der Waals surface area contributed by atoms with Crippen LogP contribution in [0.1, 0.15) is 17.3 Å². The van der Waals surface area contributed by atoms with E-state index in [2.05, 4.69) is 20.1 Å². The van der Waals surface area contributed by atoms with Gasteiger partial charge < -0.3 is 14.8 Å². The van der Waals surface area contributed by atoms with Crippen LogP contribution in [0.5, 0.6) is 11.6 Å². The van der Waals surface area contributed by atoms with Gasteiger partial charge in [-0.05, 0) is 37.3 Å². The number of nitriles is 1. The number of rotatable bonds is 6. The monoisotopic (exact) mass is 453 g/mol. The highest BCUT2D eigenvalue weighted by Crippen LogP contribution is 2.27. The summed E-state index contributed by atoms with van der Waals surface area (Å²) >= 11 is 5.93. The molecule has 0 aliphatic carbocycles. The van der Waals surface area contributed by atoms with E-state index in [-0.39, 0.29) is 18.0 Å². The van der Waals surface area contributed by atoms with Crippen LogP contribution in [0, 0.1) is 11.3 Å². The van der Waals surface area contributed by atoms with Crippen molar-refractivity contribution in [3.05, 3.63) is 47.1 Å². The molecular formula is C19H15ClF3N5O3. The molecule has 2 heterocycles. The number of halogens is 4. The lowest BCUT2D eigenvalue weighted by Crippen LogP contribution is -2.48. The summed E-state index contributed by atoms with van der Waals surface area (Å²) in [5.74, 6) is -0.860. The van der Waals surface area contributed by atoms with E-state index in [4.69, 9.17) is 16.3 Å². The Labute approximate surface area is 179 Å². The summed E-state index contributed by atoms with van der Waals surface area (Å²) in [5, 5.41) is 16.9. The third-order valence-corrected chi connectivity index (χ3v) is 4.35. The first-order chi connectivity index (χ1) is 14.5. The Morgan fingerprint density at radius 3 is 2.58 bits per heavy atom. The minimum Gasteiger partial charge on any atom is -0.480 e. The van der Waals surface area contributed by atoms with Gasteiger partial charge in [-0.15, -0.1) is 13.2 Å². The number of benzene rings is 1. The second-order valence-corrected chi connectivity index (χ2v) is 7.09. The van der Waals surface area contributed by atoms with Crippen molar-refractivity contribution in [2.45, 2.75) is 25.4 Å². The van der Waals surface area contributed by atoms with Crippen molar-refractivity contribution in [2.75, 3.05) is 7.11 Å². The van der Waals surface area contributed by atoms with Gasteiger partial charge in [0.15, 0.2) is 5.52 Å². The van der Waals surface area contributed by atoms with Crippen LogP contribution in [0.3, 0.4) is 0 Å². The van der Waals surface area contributed by atoms with Gasteiger partial charge in [0, 0.05) is 11.8 Å². The molecule has 0 radical (unpaired) electrons. The van der Waals surface area contributed by atoms with Crippen LogP contribution < -0.4 is 14.8 Å². The van der Waals surface area contributed by atoms with Crippen molar-refractivity contribution in [3.63, 3.8) is 0 Å². The molecule has 3 rings (SSSR count). The number of nitrogens with one attached hydrogen (secondary N) is 1.